The Morgan fingerprint density at radius 2 is 2.00 bits per heavy atom. The number of nitrogens with zero attached hydrogens (tertiary/aromatic N) is 2. The number of thiazole rings is 1. The maximum Gasteiger partial charge on any atom is 0.353 e. The molecule has 0 radical (unpaired) electrons. The van der Waals surface area contributed by atoms with Crippen LogP contribution in [0.15, 0.2) is 36.0 Å². The monoisotopic (exact) mass is 376 g/mol. The normalized spacial score (nSPS) is 11.3. The van der Waals surface area contributed by atoms with Crippen LogP contribution in [0.1, 0.15) is 35.5 Å². The largest absolute Gasteiger partial charge is 0.477 e. The van der Waals surface area contributed by atoms with Gasteiger partial charge < -0.3 is 9.67 Å². The third-order valence-electron chi connectivity index (χ3n) is 4.02. The Kier molecular flexibility index (Phi) is 5.18. The molecule has 0 saturated heterocycles. The molecule has 0 atom stereocenters. The van der Waals surface area contributed by atoms with Crippen LogP contribution in [-0.4, -0.2) is 20.6 Å². The van der Waals surface area contributed by atoms with Crippen LogP contribution in [0.4, 0.5) is 8.78 Å². The fourth-order valence-electron chi connectivity index (χ4n) is 3.00. The number of hydrogen-bond acceptors (Lipinski definition) is 3. The molecule has 0 unspecified atom stereocenters. The second-order valence-electron chi connectivity index (χ2n) is 6.45. The lowest BCUT2D eigenvalue weighted by atomic mass is 10.0. The first kappa shape index (κ1) is 18.3. The molecule has 1 N–H and O–H groups in total. The van der Waals surface area contributed by atoms with Gasteiger partial charge in [0.1, 0.15) is 22.3 Å². The number of halogens is 2. The van der Waals surface area contributed by atoms with E-state index >= 15 is 0 Å². The molecule has 0 amide bonds. The predicted octanol–water partition coefficient (Wildman–Crippen LogP) is 4.83. The lowest BCUT2D eigenvalue weighted by Crippen LogP contribution is -2.12. The molecule has 0 saturated carbocycles. The highest BCUT2D eigenvalue weighted by Gasteiger charge is 2.25. The van der Waals surface area contributed by atoms with E-state index in [4.69, 9.17) is 0 Å². The van der Waals surface area contributed by atoms with Gasteiger partial charge in [-0.15, -0.1) is 11.3 Å². The highest BCUT2D eigenvalue weighted by Crippen LogP contribution is 2.33. The second-order valence-corrected chi connectivity index (χ2v) is 7.34. The third-order valence-corrected chi connectivity index (χ3v) is 4.81. The lowest BCUT2D eigenvalue weighted by molar-refractivity contribution is 0.0686. The number of carboxylic acid groups (broad SMARTS) is 1. The Balaban J connectivity index is 2.18. The summed E-state index contributed by atoms with van der Waals surface area (Å²) >= 11 is 1.34. The molecule has 0 aliphatic carbocycles. The van der Waals surface area contributed by atoms with E-state index in [1.807, 2.05) is 13.8 Å². The van der Waals surface area contributed by atoms with Crippen LogP contribution in [-0.2, 0) is 13.0 Å². The van der Waals surface area contributed by atoms with Crippen molar-refractivity contribution in [3.05, 3.63) is 64.4 Å². The smallest absolute Gasteiger partial charge is 0.353 e. The zero-order chi connectivity index (χ0) is 18.8. The standard InChI is InChI=1S/C19H18F2N2O2S/c1-11(2)8-12-9-23(10-13-14(20)4-3-5-15(13)21)17(19(24)25)16(12)18-22-6-7-26-18/h3-7,9,11H,8,10H2,1-2H3,(H,24,25). The SMILES string of the molecule is CC(C)Cc1cn(Cc2c(F)cccc2F)c(C(=O)O)c1-c1nccs1. The summed E-state index contributed by atoms with van der Waals surface area (Å²) in [5.41, 5.74) is 1.17. The number of carbonyl (C=O) groups is 1. The maximum absolute atomic E-state index is 14.0. The van der Waals surface area contributed by atoms with Gasteiger partial charge in [0.2, 0.25) is 0 Å². The van der Waals surface area contributed by atoms with Crippen LogP contribution in [0, 0.1) is 17.6 Å². The van der Waals surface area contributed by atoms with E-state index < -0.39 is 17.6 Å². The number of aromatic nitrogens is 2. The molecule has 0 spiro atoms. The molecule has 2 heterocycles. The van der Waals surface area contributed by atoms with Crippen molar-refractivity contribution in [2.75, 3.05) is 0 Å². The second kappa shape index (κ2) is 7.37. The summed E-state index contributed by atoms with van der Waals surface area (Å²) in [7, 11) is 0. The molecule has 0 fully saturated rings. The Labute approximate surface area is 153 Å². The first-order chi connectivity index (χ1) is 12.4. The lowest BCUT2D eigenvalue weighted by Gasteiger charge is -2.09. The molecule has 2 aromatic heterocycles. The van der Waals surface area contributed by atoms with Gasteiger partial charge in [-0.2, -0.15) is 0 Å². The summed E-state index contributed by atoms with van der Waals surface area (Å²) < 4.78 is 29.5. The van der Waals surface area contributed by atoms with Crippen LogP contribution in [0.3, 0.4) is 0 Å². The van der Waals surface area contributed by atoms with Crippen LogP contribution in [0.5, 0.6) is 0 Å². The molecular formula is C19H18F2N2O2S. The van der Waals surface area contributed by atoms with Gasteiger partial charge in [-0.05, 0) is 30.0 Å². The van der Waals surface area contributed by atoms with Gasteiger partial charge in [0.15, 0.2) is 0 Å². The molecule has 4 nitrogen and oxygen atoms in total. The van der Waals surface area contributed by atoms with E-state index in [-0.39, 0.29) is 23.7 Å². The van der Waals surface area contributed by atoms with E-state index in [9.17, 15) is 18.7 Å². The zero-order valence-electron chi connectivity index (χ0n) is 14.4. The van der Waals surface area contributed by atoms with Gasteiger partial charge >= 0.3 is 5.97 Å². The number of hydrogen-bond donors (Lipinski definition) is 1. The van der Waals surface area contributed by atoms with Crippen LogP contribution < -0.4 is 0 Å². The van der Waals surface area contributed by atoms with Gasteiger partial charge in [0.25, 0.3) is 0 Å². The topological polar surface area (TPSA) is 55.1 Å². The Morgan fingerprint density at radius 3 is 2.54 bits per heavy atom. The van der Waals surface area contributed by atoms with Crippen molar-refractivity contribution in [3.63, 3.8) is 0 Å². The quantitative estimate of drug-likeness (QED) is 0.670. The molecule has 7 heteroatoms. The number of aromatic carboxylic acids is 1. The maximum atomic E-state index is 14.0. The van der Waals surface area contributed by atoms with E-state index in [2.05, 4.69) is 4.98 Å². The van der Waals surface area contributed by atoms with E-state index in [1.165, 1.54) is 34.1 Å². The van der Waals surface area contributed by atoms with Gasteiger partial charge in [0, 0.05) is 28.9 Å². The molecule has 3 aromatic rings. The highest BCUT2D eigenvalue weighted by molar-refractivity contribution is 7.13. The molecule has 3 rings (SSSR count). The number of rotatable bonds is 6. The summed E-state index contributed by atoms with van der Waals surface area (Å²) in [5.74, 6) is -2.26. The van der Waals surface area contributed by atoms with Gasteiger partial charge in [-0.25, -0.2) is 18.6 Å². The van der Waals surface area contributed by atoms with Crippen molar-refractivity contribution in [2.45, 2.75) is 26.8 Å². The number of carboxylic acids is 1. The van der Waals surface area contributed by atoms with Gasteiger partial charge in [-0.1, -0.05) is 19.9 Å². The number of benzene rings is 1. The minimum Gasteiger partial charge on any atom is -0.477 e. The molecule has 0 bridgehead atoms. The van der Waals surface area contributed by atoms with E-state index in [1.54, 1.807) is 17.8 Å². The van der Waals surface area contributed by atoms with Crippen molar-refractivity contribution >= 4 is 17.3 Å². The van der Waals surface area contributed by atoms with E-state index in [0.717, 1.165) is 5.56 Å². The van der Waals surface area contributed by atoms with Crippen LogP contribution in [0.2, 0.25) is 0 Å². The van der Waals surface area contributed by atoms with Crippen molar-refractivity contribution < 1.29 is 18.7 Å². The summed E-state index contributed by atoms with van der Waals surface area (Å²) in [6, 6.07) is 3.62. The minimum absolute atomic E-state index is 0.00162. The Bertz CT molecular complexity index is 913. The molecule has 0 aliphatic rings. The van der Waals surface area contributed by atoms with Crippen molar-refractivity contribution in [3.8, 4) is 10.6 Å². The Hall–Kier alpha value is -2.54. The fourth-order valence-corrected chi connectivity index (χ4v) is 3.72. The minimum atomic E-state index is -1.15. The van der Waals surface area contributed by atoms with Crippen LogP contribution in [0.25, 0.3) is 10.6 Å². The van der Waals surface area contributed by atoms with Crippen molar-refractivity contribution in [2.24, 2.45) is 5.92 Å². The average molecular weight is 376 g/mol. The first-order valence-electron chi connectivity index (χ1n) is 8.16. The highest BCUT2D eigenvalue weighted by atomic mass is 32.1. The van der Waals surface area contributed by atoms with Crippen molar-refractivity contribution in [1.29, 1.82) is 0 Å². The first-order valence-corrected chi connectivity index (χ1v) is 9.04. The predicted molar refractivity (Wildman–Crippen MR) is 96.5 cm³/mol. The summed E-state index contributed by atoms with van der Waals surface area (Å²) in [6.07, 6.45) is 3.92. The third kappa shape index (κ3) is 3.53. The van der Waals surface area contributed by atoms with Crippen molar-refractivity contribution in [1.82, 2.24) is 9.55 Å². The van der Waals surface area contributed by atoms with Crippen LogP contribution >= 0.6 is 11.3 Å². The summed E-state index contributed by atoms with van der Waals surface area (Å²) in [6.45, 7) is 3.86. The molecule has 136 valence electrons. The van der Waals surface area contributed by atoms with Gasteiger partial charge in [-0.3, -0.25) is 0 Å². The Morgan fingerprint density at radius 1 is 1.31 bits per heavy atom. The summed E-state index contributed by atoms with van der Waals surface area (Å²) in [4.78, 5) is 16.2. The molecule has 1 aromatic carbocycles. The fraction of sp³-hybridized carbons (Fsp3) is 0.263. The molecular weight excluding hydrogens is 358 g/mol. The average Bonchev–Trinajstić information content (AvgIpc) is 3.17. The summed E-state index contributed by atoms with van der Waals surface area (Å²) in [5, 5.41) is 12.1. The van der Waals surface area contributed by atoms with Gasteiger partial charge in [0.05, 0.1) is 6.54 Å². The van der Waals surface area contributed by atoms with E-state index in [0.29, 0.717) is 17.0 Å². The molecule has 26 heavy (non-hydrogen) atoms. The zero-order valence-corrected chi connectivity index (χ0v) is 15.2. The molecule has 0 aliphatic heterocycles.